The number of carbonyl (C=O) groups excluding carboxylic acids is 1. The summed E-state index contributed by atoms with van der Waals surface area (Å²) in [5.41, 5.74) is 4.43. The molecule has 1 unspecified atom stereocenters. The number of halogens is 1. The lowest BCUT2D eigenvalue weighted by Gasteiger charge is -2.18. The summed E-state index contributed by atoms with van der Waals surface area (Å²) >= 11 is 0. The standard InChI is InChI=1S/C26H22FNO/c1-18-11-13-19(14-12-18)23(16-21-6-2-3-9-24(21)27)26(29)17-20-7-4-10-25-22(20)8-5-15-28-25/h2-15,23H,16-17H2,1H3. The number of carbonyl (C=O) groups is 1. The lowest BCUT2D eigenvalue weighted by molar-refractivity contribution is -0.119. The van der Waals surface area contributed by atoms with E-state index in [2.05, 4.69) is 4.98 Å². The van der Waals surface area contributed by atoms with Crippen molar-refractivity contribution in [3.05, 3.63) is 113 Å². The van der Waals surface area contributed by atoms with E-state index >= 15 is 0 Å². The Morgan fingerprint density at radius 1 is 0.897 bits per heavy atom. The van der Waals surface area contributed by atoms with Crippen LogP contribution in [0.25, 0.3) is 10.9 Å². The number of ketones is 1. The van der Waals surface area contributed by atoms with Crippen LogP contribution in [0, 0.1) is 12.7 Å². The summed E-state index contributed by atoms with van der Waals surface area (Å²) in [7, 11) is 0. The Morgan fingerprint density at radius 2 is 1.66 bits per heavy atom. The minimum atomic E-state index is -0.403. The lowest BCUT2D eigenvalue weighted by Crippen LogP contribution is -2.18. The van der Waals surface area contributed by atoms with Crippen molar-refractivity contribution in [2.75, 3.05) is 0 Å². The van der Waals surface area contributed by atoms with Gasteiger partial charge in [0, 0.05) is 23.9 Å². The summed E-state index contributed by atoms with van der Waals surface area (Å²) in [5.74, 6) is -0.598. The van der Waals surface area contributed by atoms with Crippen molar-refractivity contribution in [3.63, 3.8) is 0 Å². The Labute approximate surface area is 170 Å². The molecule has 0 N–H and O–H groups in total. The van der Waals surface area contributed by atoms with Crippen LogP contribution in [-0.2, 0) is 17.6 Å². The molecule has 0 spiro atoms. The van der Waals surface area contributed by atoms with Crippen molar-refractivity contribution >= 4 is 16.7 Å². The van der Waals surface area contributed by atoms with Crippen molar-refractivity contribution in [3.8, 4) is 0 Å². The zero-order valence-corrected chi connectivity index (χ0v) is 16.3. The zero-order valence-electron chi connectivity index (χ0n) is 16.3. The number of rotatable bonds is 6. The number of hydrogen-bond donors (Lipinski definition) is 0. The average molecular weight is 383 g/mol. The van der Waals surface area contributed by atoms with E-state index in [0.717, 1.165) is 27.6 Å². The van der Waals surface area contributed by atoms with Crippen LogP contribution in [0.1, 0.15) is 28.2 Å². The molecule has 0 fully saturated rings. The van der Waals surface area contributed by atoms with Gasteiger partial charge in [-0.3, -0.25) is 9.78 Å². The fraction of sp³-hybridized carbons (Fsp3) is 0.154. The Balaban J connectivity index is 1.69. The van der Waals surface area contributed by atoms with Gasteiger partial charge in [-0.15, -0.1) is 0 Å². The molecule has 0 aliphatic carbocycles. The normalized spacial score (nSPS) is 12.1. The average Bonchev–Trinajstić information content (AvgIpc) is 2.74. The fourth-order valence-corrected chi connectivity index (χ4v) is 3.73. The van der Waals surface area contributed by atoms with Crippen LogP contribution in [0.15, 0.2) is 85.1 Å². The van der Waals surface area contributed by atoms with Gasteiger partial charge in [0.25, 0.3) is 0 Å². The van der Waals surface area contributed by atoms with E-state index < -0.39 is 5.92 Å². The summed E-state index contributed by atoms with van der Waals surface area (Å²) in [5, 5.41) is 0.983. The SMILES string of the molecule is Cc1ccc(C(Cc2ccccc2F)C(=O)Cc2cccc3ncccc23)cc1. The molecule has 0 radical (unpaired) electrons. The van der Waals surface area contributed by atoms with Crippen LogP contribution in [-0.4, -0.2) is 10.8 Å². The highest BCUT2D eigenvalue weighted by Gasteiger charge is 2.23. The van der Waals surface area contributed by atoms with Gasteiger partial charge in [-0.05, 0) is 48.2 Å². The summed E-state index contributed by atoms with van der Waals surface area (Å²) in [6.45, 7) is 2.01. The van der Waals surface area contributed by atoms with Gasteiger partial charge in [-0.1, -0.05) is 66.2 Å². The molecule has 0 saturated carbocycles. The van der Waals surface area contributed by atoms with E-state index in [9.17, 15) is 9.18 Å². The number of hydrogen-bond acceptors (Lipinski definition) is 2. The minimum absolute atomic E-state index is 0.0773. The fourth-order valence-electron chi connectivity index (χ4n) is 3.73. The third-order valence-corrected chi connectivity index (χ3v) is 5.35. The van der Waals surface area contributed by atoms with Gasteiger partial charge < -0.3 is 0 Å². The van der Waals surface area contributed by atoms with E-state index in [-0.39, 0.29) is 18.0 Å². The van der Waals surface area contributed by atoms with Crippen molar-refractivity contribution in [1.82, 2.24) is 4.98 Å². The first-order valence-corrected chi connectivity index (χ1v) is 9.77. The predicted molar refractivity (Wildman–Crippen MR) is 114 cm³/mol. The third-order valence-electron chi connectivity index (χ3n) is 5.35. The number of pyridine rings is 1. The molecule has 0 amide bonds. The molecule has 3 aromatic carbocycles. The maximum absolute atomic E-state index is 14.3. The summed E-state index contributed by atoms with van der Waals surface area (Å²) in [4.78, 5) is 17.8. The highest BCUT2D eigenvalue weighted by molar-refractivity contribution is 5.92. The Bertz CT molecular complexity index is 1150. The van der Waals surface area contributed by atoms with E-state index in [1.165, 1.54) is 6.07 Å². The monoisotopic (exact) mass is 383 g/mol. The van der Waals surface area contributed by atoms with Crippen molar-refractivity contribution in [2.24, 2.45) is 0 Å². The summed E-state index contributed by atoms with van der Waals surface area (Å²) in [6, 6.07) is 24.3. The smallest absolute Gasteiger partial charge is 0.145 e. The second kappa shape index (κ2) is 8.36. The van der Waals surface area contributed by atoms with Gasteiger partial charge in [0.05, 0.1) is 5.52 Å². The molecule has 3 heteroatoms. The zero-order chi connectivity index (χ0) is 20.2. The third kappa shape index (κ3) is 4.24. The molecule has 29 heavy (non-hydrogen) atoms. The number of benzene rings is 3. The van der Waals surface area contributed by atoms with Gasteiger partial charge in [0.2, 0.25) is 0 Å². The van der Waals surface area contributed by atoms with Gasteiger partial charge in [0.1, 0.15) is 11.6 Å². The van der Waals surface area contributed by atoms with Gasteiger partial charge in [-0.2, -0.15) is 0 Å². The van der Waals surface area contributed by atoms with Gasteiger partial charge >= 0.3 is 0 Å². The summed E-state index contributed by atoms with van der Waals surface area (Å²) < 4.78 is 14.3. The van der Waals surface area contributed by atoms with E-state index in [1.807, 2.05) is 67.6 Å². The summed E-state index contributed by atoms with van der Waals surface area (Å²) in [6.07, 6.45) is 2.38. The number of aryl methyl sites for hydroxylation is 1. The molecule has 144 valence electrons. The number of fused-ring (bicyclic) bond motifs is 1. The van der Waals surface area contributed by atoms with Crippen LogP contribution in [0.2, 0.25) is 0 Å². The molecule has 1 heterocycles. The second-order valence-corrected chi connectivity index (χ2v) is 7.39. The number of Topliss-reactive ketones (excluding diaryl/α,β-unsaturated/α-hetero) is 1. The molecule has 4 aromatic rings. The first-order chi connectivity index (χ1) is 14.1. The first kappa shape index (κ1) is 19.0. The lowest BCUT2D eigenvalue weighted by atomic mass is 9.85. The molecule has 0 bridgehead atoms. The quantitative estimate of drug-likeness (QED) is 0.420. The Kier molecular flexibility index (Phi) is 5.48. The highest BCUT2D eigenvalue weighted by Crippen LogP contribution is 2.27. The molecule has 0 aliphatic rings. The second-order valence-electron chi connectivity index (χ2n) is 7.39. The molecule has 0 saturated heterocycles. The number of aromatic nitrogens is 1. The number of nitrogens with zero attached hydrogens (tertiary/aromatic N) is 1. The van der Waals surface area contributed by atoms with Crippen LogP contribution < -0.4 is 0 Å². The molecule has 4 rings (SSSR count). The highest BCUT2D eigenvalue weighted by atomic mass is 19.1. The largest absolute Gasteiger partial charge is 0.299 e. The maximum Gasteiger partial charge on any atom is 0.145 e. The molecular formula is C26H22FNO. The van der Waals surface area contributed by atoms with Crippen LogP contribution in [0.4, 0.5) is 4.39 Å². The van der Waals surface area contributed by atoms with Crippen molar-refractivity contribution in [1.29, 1.82) is 0 Å². The van der Waals surface area contributed by atoms with Crippen molar-refractivity contribution < 1.29 is 9.18 Å². The topological polar surface area (TPSA) is 30.0 Å². The van der Waals surface area contributed by atoms with E-state index in [0.29, 0.717) is 12.0 Å². The predicted octanol–water partition coefficient (Wildman–Crippen LogP) is 5.82. The van der Waals surface area contributed by atoms with Gasteiger partial charge in [-0.25, -0.2) is 4.39 Å². The van der Waals surface area contributed by atoms with Crippen LogP contribution in [0.5, 0.6) is 0 Å². The van der Waals surface area contributed by atoms with E-state index in [4.69, 9.17) is 0 Å². The molecular weight excluding hydrogens is 361 g/mol. The minimum Gasteiger partial charge on any atom is -0.299 e. The molecule has 0 aliphatic heterocycles. The molecule has 2 nitrogen and oxygen atoms in total. The van der Waals surface area contributed by atoms with Gasteiger partial charge in [0.15, 0.2) is 0 Å². The van der Waals surface area contributed by atoms with E-state index in [1.54, 1.807) is 18.3 Å². The first-order valence-electron chi connectivity index (χ1n) is 9.77. The molecule has 1 aromatic heterocycles. The molecule has 1 atom stereocenters. The van der Waals surface area contributed by atoms with Crippen molar-refractivity contribution in [2.45, 2.75) is 25.7 Å². The van der Waals surface area contributed by atoms with Crippen LogP contribution >= 0.6 is 0 Å². The Morgan fingerprint density at radius 3 is 2.45 bits per heavy atom. The maximum atomic E-state index is 14.3. The van der Waals surface area contributed by atoms with Crippen LogP contribution in [0.3, 0.4) is 0 Å². The Hall–Kier alpha value is -3.33.